The zero-order chi connectivity index (χ0) is 29.2. The molecule has 0 bridgehead atoms. The van der Waals surface area contributed by atoms with E-state index in [1.807, 2.05) is 22.9 Å². The van der Waals surface area contributed by atoms with Crippen molar-refractivity contribution >= 4 is 21.9 Å². The minimum Gasteiger partial charge on any atom is -0.315 e. The maximum absolute atomic E-state index is 14.4. The predicted molar refractivity (Wildman–Crippen MR) is 147 cm³/mol. The standard InChI is InChI=1S/C29H27F2N7O3S/c1-36-17-34-28(35-36)42(40,41)38(21-4-5-21)22-3-2-19-12-25-18(9-11-37(25)23-6-7-26(31)33-16-23)14-29(19,15-22)27(39)24-13-20(30)8-10-32-24/h6-13,16-17,21-22H,2-5,14-15H2,1H3/t22-,29-/m0/s1. The van der Waals surface area contributed by atoms with E-state index >= 15 is 0 Å². The third-order valence-corrected chi connectivity index (χ3v) is 10.3. The van der Waals surface area contributed by atoms with Gasteiger partial charge in [0.1, 0.15) is 17.8 Å². The molecule has 13 heteroatoms. The Hall–Kier alpha value is -4.10. The maximum Gasteiger partial charge on any atom is 0.282 e. The summed E-state index contributed by atoms with van der Waals surface area (Å²) in [6, 6.07) is 6.45. The molecule has 0 unspecified atom stereocenters. The lowest BCUT2D eigenvalue weighted by Gasteiger charge is -2.46. The lowest BCUT2D eigenvalue weighted by molar-refractivity contribution is 0.0732. The van der Waals surface area contributed by atoms with Crippen LogP contribution in [-0.2, 0) is 23.5 Å². The predicted octanol–water partition coefficient (Wildman–Crippen LogP) is 3.89. The number of ketones is 1. The molecule has 216 valence electrons. The monoisotopic (exact) mass is 591 g/mol. The Morgan fingerprint density at radius 3 is 2.60 bits per heavy atom. The summed E-state index contributed by atoms with van der Waals surface area (Å²) in [4.78, 5) is 26.4. The molecule has 2 saturated carbocycles. The highest BCUT2D eigenvalue weighted by atomic mass is 32.2. The number of hydrogen-bond acceptors (Lipinski definition) is 7. The Kier molecular flexibility index (Phi) is 6.21. The van der Waals surface area contributed by atoms with Gasteiger partial charge in [0, 0.05) is 43.3 Å². The van der Waals surface area contributed by atoms with Gasteiger partial charge >= 0.3 is 0 Å². The van der Waals surface area contributed by atoms with Crippen LogP contribution in [0.3, 0.4) is 0 Å². The second-order valence-corrected chi connectivity index (χ2v) is 13.0. The molecular weight excluding hydrogens is 564 g/mol. The second kappa shape index (κ2) is 9.73. The number of aromatic nitrogens is 6. The van der Waals surface area contributed by atoms with Crippen LogP contribution >= 0.6 is 0 Å². The van der Waals surface area contributed by atoms with Gasteiger partial charge in [-0.15, -0.1) is 5.10 Å². The summed E-state index contributed by atoms with van der Waals surface area (Å²) in [7, 11) is -2.42. The molecule has 3 aliphatic carbocycles. The Bertz CT molecular complexity index is 1850. The van der Waals surface area contributed by atoms with E-state index in [4.69, 9.17) is 0 Å². The Balaban J connectivity index is 1.32. The number of Topliss-reactive ketones (excluding diaryl/α,β-unsaturated/α-hetero) is 1. The van der Waals surface area contributed by atoms with Crippen LogP contribution in [-0.4, -0.2) is 59.9 Å². The van der Waals surface area contributed by atoms with Gasteiger partial charge in [0.05, 0.1) is 17.3 Å². The molecule has 7 rings (SSSR count). The molecular formula is C29H27F2N7O3S. The van der Waals surface area contributed by atoms with E-state index in [9.17, 15) is 22.0 Å². The number of carbonyl (C=O) groups is 1. The molecule has 10 nitrogen and oxygen atoms in total. The molecule has 0 amide bonds. The zero-order valence-corrected chi connectivity index (χ0v) is 23.5. The summed E-state index contributed by atoms with van der Waals surface area (Å²) in [5.74, 6) is -1.50. The number of pyridine rings is 2. The number of rotatable bonds is 7. The third kappa shape index (κ3) is 4.38. The van der Waals surface area contributed by atoms with Crippen LogP contribution in [0, 0.1) is 17.2 Å². The Morgan fingerprint density at radius 2 is 1.90 bits per heavy atom. The molecule has 4 aromatic heterocycles. The SMILES string of the molecule is Cn1cnc(S(=O)(=O)N(C2CC2)[C@H]2CCC3=Cc4c(ccn4-c4ccc(F)nc4)C[C@]3(C(=O)c3cc(F)ccn3)C2)n1. The van der Waals surface area contributed by atoms with Crippen LogP contribution in [0.15, 0.2) is 66.0 Å². The van der Waals surface area contributed by atoms with Gasteiger partial charge in [-0.25, -0.2) is 22.8 Å². The lowest BCUT2D eigenvalue weighted by atomic mass is 9.60. The number of sulfonamides is 1. The third-order valence-electron chi connectivity index (χ3n) is 8.49. The average molecular weight is 592 g/mol. The highest BCUT2D eigenvalue weighted by Gasteiger charge is 2.54. The summed E-state index contributed by atoms with van der Waals surface area (Å²) in [5, 5.41) is 3.82. The fraction of sp³-hybridized carbons (Fsp3) is 0.345. The highest BCUT2D eigenvalue weighted by Crippen LogP contribution is 2.52. The van der Waals surface area contributed by atoms with Gasteiger partial charge < -0.3 is 4.57 Å². The van der Waals surface area contributed by atoms with E-state index in [2.05, 4.69) is 20.1 Å². The molecule has 3 aliphatic rings. The topological polar surface area (TPSA) is 116 Å². The minimum atomic E-state index is -4.03. The van der Waals surface area contributed by atoms with Gasteiger partial charge in [0.15, 0.2) is 5.78 Å². The molecule has 0 N–H and O–H groups in total. The number of fused-ring (bicyclic) bond motifs is 2. The van der Waals surface area contributed by atoms with Crippen LogP contribution < -0.4 is 0 Å². The lowest BCUT2D eigenvalue weighted by Crippen LogP contribution is -2.51. The van der Waals surface area contributed by atoms with Crippen LogP contribution in [0.5, 0.6) is 0 Å². The van der Waals surface area contributed by atoms with Crippen LogP contribution in [0.4, 0.5) is 8.78 Å². The first kappa shape index (κ1) is 26.8. The molecule has 0 spiro atoms. The second-order valence-electron chi connectivity index (χ2n) is 11.2. The zero-order valence-electron chi connectivity index (χ0n) is 22.7. The van der Waals surface area contributed by atoms with Crippen molar-refractivity contribution in [3.05, 3.63) is 89.5 Å². The van der Waals surface area contributed by atoms with Gasteiger partial charge in [-0.05, 0) is 74.4 Å². The van der Waals surface area contributed by atoms with E-state index < -0.39 is 33.2 Å². The van der Waals surface area contributed by atoms with Crippen LogP contribution in [0.25, 0.3) is 11.8 Å². The van der Waals surface area contributed by atoms with Crippen molar-refractivity contribution < 1.29 is 22.0 Å². The van der Waals surface area contributed by atoms with Crippen molar-refractivity contribution in [3.8, 4) is 5.69 Å². The van der Waals surface area contributed by atoms with Crippen molar-refractivity contribution in [2.45, 2.75) is 55.8 Å². The molecule has 42 heavy (non-hydrogen) atoms. The first-order valence-corrected chi connectivity index (χ1v) is 15.2. The molecule has 0 aliphatic heterocycles. The molecule has 4 heterocycles. The van der Waals surface area contributed by atoms with Crippen molar-refractivity contribution in [1.29, 1.82) is 0 Å². The normalized spacial score (nSPS) is 22.0. The molecule has 0 radical (unpaired) electrons. The summed E-state index contributed by atoms with van der Waals surface area (Å²) < 4.78 is 60.3. The van der Waals surface area contributed by atoms with Gasteiger partial charge in [0.25, 0.3) is 15.2 Å². The summed E-state index contributed by atoms with van der Waals surface area (Å²) in [5.41, 5.74) is 2.07. The fourth-order valence-electron chi connectivity index (χ4n) is 6.48. The number of carbonyl (C=O) groups excluding carboxylic acids is 1. The summed E-state index contributed by atoms with van der Waals surface area (Å²) >= 11 is 0. The fourth-order valence-corrected chi connectivity index (χ4v) is 8.25. The van der Waals surface area contributed by atoms with E-state index in [1.165, 1.54) is 39.8 Å². The Labute approximate surface area is 240 Å². The van der Waals surface area contributed by atoms with Crippen LogP contribution in [0.1, 0.15) is 53.8 Å². The minimum absolute atomic E-state index is 0.000566. The van der Waals surface area contributed by atoms with Crippen molar-refractivity contribution in [1.82, 2.24) is 33.6 Å². The van der Waals surface area contributed by atoms with Gasteiger partial charge in [-0.1, -0.05) is 5.57 Å². The van der Waals surface area contributed by atoms with Gasteiger partial charge in [0.2, 0.25) is 5.95 Å². The molecule has 4 aromatic rings. The number of halogens is 2. The van der Waals surface area contributed by atoms with Gasteiger partial charge in [-0.3, -0.25) is 14.5 Å². The number of aryl methyl sites for hydroxylation is 1. The summed E-state index contributed by atoms with van der Waals surface area (Å²) in [6.45, 7) is 0. The van der Waals surface area contributed by atoms with E-state index in [0.717, 1.165) is 35.7 Å². The smallest absolute Gasteiger partial charge is 0.282 e. The van der Waals surface area contributed by atoms with Gasteiger partial charge in [-0.2, -0.15) is 8.70 Å². The molecule has 2 atom stereocenters. The van der Waals surface area contributed by atoms with E-state index in [0.29, 0.717) is 18.5 Å². The van der Waals surface area contributed by atoms with E-state index in [-0.39, 0.29) is 35.5 Å². The van der Waals surface area contributed by atoms with Crippen LogP contribution in [0.2, 0.25) is 0 Å². The summed E-state index contributed by atoms with van der Waals surface area (Å²) in [6.07, 6.45) is 10.7. The number of allylic oxidation sites excluding steroid dienone is 1. The Morgan fingerprint density at radius 1 is 1.07 bits per heavy atom. The maximum atomic E-state index is 14.4. The average Bonchev–Trinajstić information content (AvgIpc) is 3.55. The van der Waals surface area contributed by atoms with Crippen molar-refractivity contribution in [2.75, 3.05) is 0 Å². The quantitative estimate of drug-likeness (QED) is 0.237. The first-order chi connectivity index (χ1) is 20.2. The van der Waals surface area contributed by atoms with Crippen molar-refractivity contribution in [3.63, 3.8) is 0 Å². The van der Waals surface area contributed by atoms with E-state index in [1.54, 1.807) is 13.1 Å². The highest BCUT2D eigenvalue weighted by molar-refractivity contribution is 7.89. The largest absolute Gasteiger partial charge is 0.315 e. The molecule has 2 fully saturated rings. The number of nitrogens with zero attached hydrogens (tertiary/aromatic N) is 7. The molecule has 0 saturated heterocycles. The van der Waals surface area contributed by atoms with Crippen molar-refractivity contribution in [2.24, 2.45) is 12.5 Å². The molecule has 0 aromatic carbocycles. The number of hydrogen-bond donors (Lipinski definition) is 0. The first-order valence-electron chi connectivity index (χ1n) is 13.7.